The lowest BCUT2D eigenvalue weighted by molar-refractivity contribution is 0.0989. The summed E-state index contributed by atoms with van der Waals surface area (Å²) >= 11 is 1.30. The molecule has 0 aromatic carbocycles. The average Bonchev–Trinajstić information content (AvgIpc) is 2.95. The predicted octanol–water partition coefficient (Wildman–Crippen LogP) is 3.00. The Morgan fingerprint density at radius 3 is 3.00 bits per heavy atom. The molecule has 0 fully saturated rings. The Balaban J connectivity index is 2.44. The molecule has 0 saturated carbocycles. The highest BCUT2D eigenvalue weighted by Crippen LogP contribution is 2.33. The third kappa shape index (κ3) is 1.86. The highest BCUT2D eigenvalue weighted by atomic mass is 32.1. The number of carbonyl (C=O) groups is 1. The molecule has 0 spiro atoms. The fourth-order valence-corrected chi connectivity index (χ4v) is 2.30. The molecule has 4 nitrogen and oxygen atoms in total. The third-order valence-electron chi connectivity index (χ3n) is 2.10. The van der Waals surface area contributed by atoms with E-state index in [9.17, 15) is 4.79 Å². The number of rotatable bonds is 4. The Morgan fingerprint density at radius 2 is 2.44 bits per heavy atom. The number of hydrogen-bond acceptors (Lipinski definition) is 5. The highest BCUT2D eigenvalue weighted by molar-refractivity contribution is 7.17. The molecule has 0 N–H and O–H groups in total. The smallest absolute Gasteiger partial charge is 0.236 e. The summed E-state index contributed by atoms with van der Waals surface area (Å²) in [6.45, 7) is 1.81. The van der Waals surface area contributed by atoms with Crippen molar-refractivity contribution in [2.75, 3.05) is 7.11 Å². The number of nitrogens with zero attached hydrogens (tertiary/aromatic N) is 1. The molecule has 2 aromatic rings. The van der Waals surface area contributed by atoms with Crippen molar-refractivity contribution in [2.45, 2.75) is 13.3 Å². The van der Waals surface area contributed by atoms with Crippen LogP contribution in [0.25, 0.3) is 10.8 Å². The summed E-state index contributed by atoms with van der Waals surface area (Å²) in [4.78, 5) is 16.4. The topological polar surface area (TPSA) is 52.3 Å². The van der Waals surface area contributed by atoms with Crippen LogP contribution in [0.4, 0.5) is 0 Å². The monoisotopic (exact) mass is 237 g/mol. The van der Waals surface area contributed by atoms with Crippen molar-refractivity contribution in [1.82, 2.24) is 4.98 Å². The van der Waals surface area contributed by atoms with Gasteiger partial charge in [0.2, 0.25) is 5.88 Å². The lowest BCUT2D eigenvalue weighted by Gasteiger charge is -1.95. The standard InChI is InChI=1S/C11H11NO3S/c1-3-7(13)9-10(14-2)12-11(16-9)8-5-4-6-15-8/h4-6H,3H2,1-2H3. The number of Topliss-reactive ketones (excluding diaryl/α,β-unsaturated/α-hetero) is 1. The van der Waals surface area contributed by atoms with Crippen molar-refractivity contribution in [3.63, 3.8) is 0 Å². The van der Waals surface area contributed by atoms with Crippen molar-refractivity contribution in [2.24, 2.45) is 0 Å². The lowest BCUT2D eigenvalue weighted by atomic mass is 10.3. The van der Waals surface area contributed by atoms with E-state index in [1.807, 2.05) is 6.92 Å². The number of aromatic nitrogens is 1. The van der Waals surface area contributed by atoms with E-state index in [1.165, 1.54) is 18.4 Å². The quantitative estimate of drug-likeness (QED) is 0.767. The third-order valence-corrected chi connectivity index (χ3v) is 3.19. The molecule has 0 unspecified atom stereocenters. The van der Waals surface area contributed by atoms with Gasteiger partial charge in [0.1, 0.15) is 4.88 Å². The molecule has 0 atom stereocenters. The zero-order valence-corrected chi connectivity index (χ0v) is 9.84. The Labute approximate surface area is 96.9 Å². The molecular formula is C11H11NO3S. The van der Waals surface area contributed by atoms with Gasteiger partial charge in [-0.3, -0.25) is 4.79 Å². The van der Waals surface area contributed by atoms with Crippen LogP contribution in [0.3, 0.4) is 0 Å². The number of ketones is 1. The van der Waals surface area contributed by atoms with E-state index in [-0.39, 0.29) is 5.78 Å². The Hall–Kier alpha value is -1.62. The van der Waals surface area contributed by atoms with Gasteiger partial charge in [-0.2, -0.15) is 4.98 Å². The van der Waals surface area contributed by atoms with Crippen LogP contribution < -0.4 is 4.74 Å². The summed E-state index contributed by atoms with van der Waals surface area (Å²) in [5.41, 5.74) is 0. The van der Waals surface area contributed by atoms with E-state index in [0.717, 1.165) is 0 Å². The normalized spacial score (nSPS) is 10.4. The second-order valence-electron chi connectivity index (χ2n) is 3.11. The van der Waals surface area contributed by atoms with E-state index >= 15 is 0 Å². The Kier molecular flexibility index (Phi) is 3.05. The van der Waals surface area contributed by atoms with Gasteiger partial charge in [0.25, 0.3) is 0 Å². The van der Waals surface area contributed by atoms with Crippen molar-refractivity contribution in [3.05, 3.63) is 23.3 Å². The summed E-state index contributed by atoms with van der Waals surface area (Å²) in [5.74, 6) is 1.06. The second-order valence-corrected chi connectivity index (χ2v) is 4.11. The maximum atomic E-state index is 11.6. The number of ether oxygens (including phenoxy) is 1. The molecule has 0 aliphatic carbocycles. The van der Waals surface area contributed by atoms with Gasteiger partial charge in [-0.05, 0) is 12.1 Å². The first-order valence-electron chi connectivity index (χ1n) is 4.88. The SMILES string of the molecule is CCC(=O)c1sc(-c2ccco2)nc1OC. The first-order valence-corrected chi connectivity index (χ1v) is 5.69. The Bertz CT molecular complexity index is 487. The van der Waals surface area contributed by atoms with E-state index < -0.39 is 0 Å². The second kappa shape index (κ2) is 4.49. The van der Waals surface area contributed by atoms with E-state index in [2.05, 4.69) is 4.98 Å². The molecule has 0 aliphatic heterocycles. The fraction of sp³-hybridized carbons (Fsp3) is 0.273. The maximum Gasteiger partial charge on any atom is 0.236 e. The minimum absolute atomic E-state index is 0.0344. The van der Waals surface area contributed by atoms with Crippen LogP contribution in [0, 0.1) is 0 Å². The van der Waals surface area contributed by atoms with Crippen LogP contribution in [0.2, 0.25) is 0 Å². The van der Waals surface area contributed by atoms with Crippen molar-refractivity contribution in [3.8, 4) is 16.6 Å². The number of hydrogen-bond donors (Lipinski definition) is 0. The molecule has 0 amide bonds. The summed E-state index contributed by atoms with van der Waals surface area (Å²) in [7, 11) is 1.51. The summed E-state index contributed by atoms with van der Waals surface area (Å²) in [6, 6.07) is 3.59. The van der Waals surface area contributed by atoms with Crippen LogP contribution in [-0.2, 0) is 0 Å². The summed E-state index contributed by atoms with van der Waals surface area (Å²) < 4.78 is 10.3. The van der Waals surface area contributed by atoms with Crippen LogP contribution in [0.1, 0.15) is 23.0 Å². The molecule has 84 valence electrons. The molecule has 0 aliphatic rings. The zero-order valence-electron chi connectivity index (χ0n) is 9.02. The molecule has 2 heterocycles. The van der Waals surface area contributed by atoms with Gasteiger partial charge in [-0.25, -0.2) is 0 Å². The van der Waals surface area contributed by atoms with E-state index in [1.54, 1.807) is 18.4 Å². The lowest BCUT2D eigenvalue weighted by Crippen LogP contribution is -1.96. The molecule has 2 aromatic heterocycles. The van der Waals surface area contributed by atoms with Gasteiger partial charge in [0, 0.05) is 6.42 Å². The molecule has 16 heavy (non-hydrogen) atoms. The molecule has 2 rings (SSSR count). The maximum absolute atomic E-state index is 11.6. The highest BCUT2D eigenvalue weighted by Gasteiger charge is 2.19. The van der Waals surface area contributed by atoms with Crippen LogP contribution in [-0.4, -0.2) is 17.9 Å². The van der Waals surface area contributed by atoms with E-state index in [4.69, 9.17) is 9.15 Å². The minimum Gasteiger partial charge on any atom is -0.480 e. The van der Waals surface area contributed by atoms with Crippen LogP contribution >= 0.6 is 11.3 Å². The van der Waals surface area contributed by atoms with Gasteiger partial charge < -0.3 is 9.15 Å². The van der Waals surface area contributed by atoms with Crippen molar-refractivity contribution in [1.29, 1.82) is 0 Å². The largest absolute Gasteiger partial charge is 0.480 e. The van der Waals surface area contributed by atoms with Crippen LogP contribution in [0.5, 0.6) is 5.88 Å². The first kappa shape index (κ1) is 10.9. The van der Waals surface area contributed by atoms with E-state index in [0.29, 0.717) is 27.9 Å². The molecule has 0 bridgehead atoms. The van der Waals surface area contributed by atoms with Crippen molar-refractivity contribution >= 4 is 17.1 Å². The van der Waals surface area contributed by atoms with Gasteiger partial charge in [-0.15, -0.1) is 11.3 Å². The van der Waals surface area contributed by atoms with Crippen molar-refractivity contribution < 1.29 is 13.9 Å². The summed E-state index contributed by atoms with van der Waals surface area (Å²) in [6.07, 6.45) is 2.01. The number of thiazole rings is 1. The van der Waals surface area contributed by atoms with Gasteiger partial charge in [0.05, 0.1) is 13.4 Å². The molecule has 0 radical (unpaired) electrons. The number of furan rings is 1. The predicted molar refractivity (Wildman–Crippen MR) is 61.0 cm³/mol. The van der Waals surface area contributed by atoms with Crippen LogP contribution in [0.15, 0.2) is 22.8 Å². The fourth-order valence-electron chi connectivity index (χ4n) is 1.29. The summed E-state index contributed by atoms with van der Waals surface area (Å²) in [5, 5.41) is 0.665. The van der Waals surface area contributed by atoms with Gasteiger partial charge in [-0.1, -0.05) is 6.92 Å². The zero-order chi connectivity index (χ0) is 11.5. The van der Waals surface area contributed by atoms with Gasteiger partial charge >= 0.3 is 0 Å². The molecule has 5 heteroatoms. The molecule has 0 saturated heterocycles. The average molecular weight is 237 g/mol. The number of carbonyl (C=O) groups excluding carboxylic acids is 1. The first-order chi connectivity index (χ1) is 7.76. The Morgan fingerprint density at radius 1 is 1.62 bits per heavy atom. The number of methoxy groups -OCH3 is 1. The van der Waals surface area contributed by atoms with Gasteiger partial charge in [0.15, 0.2) is 16.6 Å². The minimum atomic E-state index is 0.0344. The molecular weight excluding hydrogens is 226 g/mol.